The van der Waals surface area contributed by atoms with Gasteiger partial charge in [0.25, 0.3) is 0 Å². The SMILES string of the molecule is CCc1cccc2cc3cnn(-c4ccccc4)c3nc12. The van der Waals surface area contributed by atoms with Crippen molar-refractivity contribution in [3.05, 3.63) is 66.4 Å². The van der Waals surface area contributed by atoms with Gasteiger partial charge >= 0.3 is 0 Å². The summed E-state index contributed by atoms with van der Waals surface area (Å²) in [6, 6.07) is 18.6. The van der Waals surface area contributed by atoms with E-state index in [9.17, 15) is 0 Å². The Morgan fingerprint density at radius 1 is 0.952 bits per heavy atom. The Hall–Kier alpha value is -2.68. The van der Waals surface area contributed by atoms with E-state index in [0.29, 0.717) is 0 Å². The van der Waals surface area contributed by atoms with Gasteiger partial charge in [0.2, 0.25) is 0 Å². The van der Waals surface area contributed by atoms with Crippen molar-refractivity contribution in [1.29, 1.82) is 0 Å². The maximum Gasteiger partial charge on any atom is 0.163 e. The number of hydrogen-bond donors (Lipinski definition) is 0. The van der Waals surface area contributed by atoms with Gasteiger partial charge in [-0.05, 0) is 30.2 Å². The summed E-state index contributed by atoms with van der Waals surface area (Å²) in [5.74, 6) is 0. The summed E-state index contributed by atoms with van der Waals surface area (Å²) < 4.78 is 1.90. The van der Waals surface area contributed by atoms with E-state index in [-0.39, 0.29) is 0 Å². The van der Waals surface area contributed by atoms with Crippen molar-refractivity contribution >= 4 is 21.9 Å². The van der Waals surface area contributed by atoms with Crippen molar-refractivity contribution in [2.45, 2.75) is 13.3 Å². The molecule has 0 saturated carbocycles. The molecule has 2 aromatic carbocycles. The number of fused-ring (bicyclic) bond motifs is 2. The second kappa shape index (κ2) is 4.70. The predicted molar refractivity (Wildman–Crippen MR) is 85.7 cm³/mol. The molecule has 2 heterocycles. The fraction of sp³-hybridized carbons (Fsp3) is 0.111. The Balaban J connectivity index is 2.05. The molecule has 0 atom stereocenters. The number of aromatic nitrogens is 3. The van der Waals surface area contributed by atoms with Crippen LogP contribution in [0.5, 0.6) is 0 Å². The Morgan fingerprint density at radius 2 is 1.81 bits per heavy atom. The van der Waals surface area contributed by atoms with Crippen LogP contribution in [-0.4, -0.2) is 14.8 Å². The lowest BCUT2D eigenvalue weighted by Crippen LogP contribution is -1.98. The van der Waals surface area contributed by atoms with E-state index in [1.54, 1.807) is 0 Å². The molecule has 0 amide bonds. The van der Waals surface area contributed by atoms with Gasteiger partial charge in [-0.1, -0.05) is 43.3 Å². The largest absolute Gasteiger partial charge is 0.228 e. The Morgan fingerprint density at radius 3 is 2.62 bits per heavy atom. The topological polar surface area (TPSA) is 30.7 Å². The van der Waals surface area contributed by atoms with Gasteiger partial charge in [0.05, 0.1) is 17.4 Å². The van der Waals surface area contributed by atoms with Gasteiger partial charge in [-0.2, -0.15) is 5.10 Å². The predicted octanol–water partition coefficient (Wildman–Crippen LogP) is 4.14. The second-order valence-corrected chi connectivity index (χ2v) is 5.14. The molecule has 4 aromatic rings. The molecule has 2 aromatic heterocycles. The maximum atomic E-state index is 4.89. The van der Waals surface area contributed by atoms with E-state index in [0.717, 1.165) is 28.7 Å². The minimum Gasteiger partial charge on any atom is -0.228 e. The number of nitrogens with zero attached hydrogens (tertiary/aromatic N) is 3. The van der Waals surface area contributed by atoms with Crippen molar-refractivity contribution in [2.24, 2.45) is 0 Å². The lowest BCUT2D eigenvalue weighted by atomic mass is 10.1. The average molecular weight is 273 g/mol. The molecule has 0 aliphatic heterocycles. The van der Waals surface area contributed by atoms with Gasteiger partial charge < -0.3 is 0 Å². The van der Waals surface area contributed by atoms with Crippen LogP contribution in [0, 0.1) is 0 Å². The zero-order valence-corrected chi connectivity index (χ0v) is 11.8. The van der Waals surface area contributed by atoms with Crippen LogP contribution in [0.4, 0.5) is 0 Å². The third-order valence-electron chi connectivity index (χ3n) is 3.83. The van der Waals surface area contributed by atoms with Crippen LogP contribution < -0.4 is 0 Å². The highest BCUT2D eigenvalue weighted by atomic mass is 15.3. The fourth-order valence-electron chi connectivity index (χ4n) is 2.75. The van der Waals surface area contributed by atoms with Gasteiger partial charge in [0.1, 0.15) is 0 Å². The molecule has 0 fully saturated rings. The Kier molecular flexibility index (Phi) is 2.71. The first-order valence-corrected chi connectivity index (χ1v) is 7.18. The molecule has 0 spiro atoms. The number of benzene rings is 2. The van der Waals surface area contributed by atoms with Crippen molar-refractivity contribution in [3.8, 4) is 5.69 Å². The summed E-state index contributed by atoms with van der Waals surface area (Å²) in [7, 11) is 0. The first-order valence-electron chi connectivity index (χ1n) is 7.18. The van der Waals surface area contributed by atoms with Crippen LogP contribution in [0.25, 0.3) is 27.6 Å². The molecule has 0 unspecified atom stereocenters. The van der Waals surface area contributed by atoms with Crippen molar-refractivity contribution in [3.63, 3.8) is 0 Å². The molecule has 21 heavy (non-hydrogen) atoms. The minimum absolute atomic E-state index is 0.912. The number of rotatable bonds is 2. The number of para-hydroxylation sites is 2. The first-order chi connectivity index (χ1) is 10.4. The number of pyridine rings is 1. The molecule has 4 rings (SSSR count). The monoisotopic (exact) mass is 273 g/mol. The highest BCUT2D eigenvalue weighted by molar-refractivity contribution is 5.93. The quantitative estimate of drug-likeness (QED) is 0.549. The third-order valence-corrected chi connectivity index (χ3v) is 3.83. The summed E-state index contributed by atoms with van der Waals surface area (Å²) in [6.45, 7) is 2.16. The van der Waals surface area contributed by atoms with Crippen LogP contribution in [0.1, 0.15) is 12.5 Å². The average Bonchev–Trinajstić information content (AvgIpc) is 2.96. The van der Waals surface area contributed by atoms with Gasteiger partial charge in [-0.25, -0.2) is 9.67 Å². The molecule has 0 radical (unpaired) electrons. The van der Waals surface area contributed by atoms with Crippen LogP contribution in [-0.2, 0) is 6.42 Å². The molecule has 0 aliphatic rings. The van der Waals surface area contributed by atoms with Crippen molar-refractivity contribution in [1.82, 2.24) is 14.8 Å². The summed E-state index contributed by atoms with van der Waals surface area (Å²) >= 11 is 0. The second-order valence-electron chi connectivity index (χ2n) is 5.14. The summed E-state index contributed by atoms with van der Waals surface area (Å²) in [4.78, 5) is 4.89. The van der Waals surface area contributed by atoms with Crippen LogP contribution in [0.2, 0.25) is 0 Å². The minimum atomic E-state index is 0.912. The van der Waals surface area contributed by atoms with Crippen LogP contribution in [0.3, 0.4) is 0 Å². The standard InChI is InChI=1S/C18H15N3/c1-2-13-7-6-8-14-11-15-12-19-21(18(15)20-17(13)14)16-9-4-3-5-10-16/h3-12H,2H2,1H3. The van der Waals surface area contributed by atoms with Crippen LogP contribution in [0.15, 0.2) is 60.8 Å². The molecule has 3 nitrogen and oxygen atoms in total. The number of aryl methyl sites for hydroxylation is 1. The fourth-order valence-corrected chi connectivity index (χ4v) is 2.75. The van der Waals surface area contributed by atoms with E-state index in [1.807, 2.05) is 41.2 Å². The first kappa shape index (κ1) is 12.1. The molecule has 0 aliphatic carbocycles. The third kappa shape index (κ3) is 1.89. The smallest absolute Gasteiger partial charge is 0.163 e. The summed E-state index contributed by atoms with van der Waals surface area (Å²) in [5.41, 5.74) is 4.29. The van der Waals surface area contributed by atoms with E-state index >= 15 is 0 Å². The van der Waals surface area contributed by atoms with E-state index in [4.69, 9.17) is 4.98 Å². The molecule has 0 N–H and O–H groups in total. The maximum absolute atomic E-state index is 4.89. The molecular formula is C18H15N3. The molecule has 0 saturated heterocycles. The Labute approximate surface area is 122 Å². The lowest BCUT2D eigenvalue weighted by Gasteiger charge is -2.06. The van der Waals surface area contributed by atoms with E-state index in [1.165, 1.54) is 10.9 Å². The van der Waals surface area contributed by atoms with Gasteiger partial charge in [0.15, 0.2) is 5.65 Å². The number of hydrogen-bond acceptors (Lipinski definition) is 2. The van der Waals surface area contributed by atoms with Gasteiger partial charge in [-0.3, -0.25) is 0 Å². The van der Waals surface area contributed by atoms with E-state index in [2.05, 4.69) is 36.3 Å². The van der Waals surface area contributed by atoms with E-state index < -0.39 is 0 Å². The van der Waals surface area contributed by atoms with Gasteiger partial charge in [-0.15, -0.1) is 0 Å². The highest BCUT2D eigenvalue weighted by Gasteiger charge is 2.09. The van der Waals surface area contributed by atoms with Crippen molar-refractivity contribution < 1.29 is 0 Å². The van der Waals surface area contributed by atoms with Gasteiger partial charge in [0, 0.05) is 10.8 Å². The molecular weight excluding hydrogens is 258 g/mol. The highest BCUT2D eigenvalue weighted by Crippen LogP contribution is 2.24. The zero-order chi connectivity index (χ0) is 14.2. The Bertz CT molecular complexity index is 923. The summed E-state index contributed by atoms with van der Waals surface area (Å²) in [6.07, 6.45) is 2.86. The van der Waals surface area contributed by atoms with Crippen molar-refractivity contribution in [2.75, 3.05) is 0 Å². The van der Waals surface area contributed by atoms with Crippen LogP contribution >= 0.6 is 0 Å². The lowest BCUT2D eigenvalue weighted by molar-refractivity contribution is 0.899. The molecule has 0 bridgehead atoms. The normalized spacial score (nSPS) is 11.3. The summed E-state index contributed by atoms with van der Waals surface area (Å²) in [5, 5.41) is 6.74. The molecule has 3 heteroatoms. The molecule has 102 valence electrons. The zero-order valence-electron chi connectivity index (χ0n) is 11.8.